The number of hydrogen-bond acceptors (Lipinski definition) is 1. The molecule has 0 N–H and O–H groups in total. The first-order valence-electron chi connectivity index (χ1n) is 5.28. The van der Waals surface area contributed by atoms with Gasteiger partial charge in [-0.05, 0) is 17.7 Å². The minimum atomic E-state index is -0.331. The maximum Gasteiger partial charge on any atom is 0.150 e. The molecule has 0 saturated heterocycles. The zero-order chi connectivity index (χ0) is 12.1. The van der Waals surface area contributed by atoms with E-state index in [1.165, 1.54) is 6.07 Å². The van der Waals surface area contributed by atoms with E-state index in [9.17, 15) is 9.18 Å². The van der Waals surface area contributed by atoms with Crippen molar-refractivity contribution in [2.45, 2.75) is 0 Å². The van der Waals surface area contributed by atoms with Crippen molar-refractivity contribution in [1.82, 2.24) is 0 Å². The number of halogens is 1. The Balaban J connectivity index is 2.44. The van der Waals surface area contributed by atoms with E-state index in [4.69, 9.17) is 0 Å². The van der Waals surface area contributed by atoms with Gasteiger partial charge in [0.1, 0.15) is 5.82 Å². The third-order valence-electron chi connectivity index (χ3n) is 2.45. The predicted molar refractivity (Wildman–Crippen MR) is 66.8 cm³/mol. The molecule has 2 rings (SSSR count). The van der Waals surface area contributed by atoms with Crippen LogP contribution in [0, 0.1) is 5.82 Å². The first-order chi connectivity index (χ1) is 8.31. The van der Waals surface area contributed by atoms with Gasteiger partial charge >= 0.3 is 0 Å². The molecule has 2 aromatic carbocycles. The summed E-state index contributed by atoms with van der Waals surface area (Å²) in [6.07, 6.45) is 2.29. The lowest BCUT2D eigenvalue weighted by molar-refractivity contribution is -0.103. The van der Waals surface area contributed by atoms with Crippen LogP contribution in [0.2, 0.25) is 0 Å². The lowest BCUT2D eigenvalue weighted by atomic mass is 10.0. The molecule has 0 radical (unpaired) electrons. The molecule has 0 aliphatic carbocycles. The molecule has 0 atom stereocenters. The molecular weight excluding hydrogens is 215 g/mol. The molecule has 0 heterocycles. The Morgan fingerprint density at radius 2 is 1.59 bits per heavy atom. The van der Waals surface area contributed by atoms with E-state index in [1.54, 1.807) is 24.3 Å². The second kappa shape index (κ2) is 5.21. The predicted octanol–water partition coefficient (Wildman–Crippen LogP) is 3.57. The van der Waals surface area contributed by atoms with Gasteiger partial charge in [-0.15, -0.1) is 0 Å². The summed E-state index contributed by atoms with van der Waals surface area (Å²) < 4.78 is 13.4. The number of rotatable bonds is 3. The lowest BCUT2D eigenvalue weighted by Crippen LogP contribution is -1.87. The van der Waals surface area contributed by atoms with Crippen LogP contribution in [-0.4, -0.2) is 6.29 Å². The number of hydrogen-bond donors (Lipinski definition) is 0. The molecule has 0 saturated carbocycles. The molecule has 0 fully saturated rings. The zero-order valence-electron chi connectivity index (χ0n) is 9.14. The Hall–Kier alpha value is -2.22. The van der Waals surface area contributed by atoms with Crippen molar-refractivity contribution >= 4 is 17.9 Å². The smallest absolute Gasteiger partial charge is 0.150 e. The molecule has 0 aliphatic rings. The van der Waals surface area contributed by atoms with Crippen molar-refractivity contribution in [1.29, 1.82) is 0 Å². The monoisotopic (exact) mass is 226 g/mol. The largest absolute Gasteiger partial charge is 0.298 e. The van der Waals surface area contributed by atoms with Crippen LogP contribution >= 0.6 is 0 Å². The Morgan fingerprint density at radius 1 is 0.941 bits per heavy atom. The summed E-state index contributed by atoms with van der Waals surface area (Å²) in [5.41, 5.74) is 1.67. The maximum atomic E-state index is 13.4. The molecule has 17 heavy (non-hydrogen) atoms. The van der Waals surface area contributed by atoms with Crippen molar-refractivity contribution < 1.29 is 9.18 Å². The number of aldehydes is 1. The van der Waals surface area contributed by atoms with Crippen molar-refractivity contribution in [3.8, 4) is 0 Å². The van der Waals surface area contributed by atoms with Gasteiger partial charge in [-0.25, -0.2) is 4.39 Å². The molecule has 0 spiro atoms. The normalized spacial score (nSPS) is 11.2. The quantitative estimate of drug-likeness (QED) is 0.444. The second-order valence-corrected chi connectivity index (χ2v) is 3.61. The SMILES string of the molecule is O=C/C(=C/c1ccccc1F)c1ccccc1. The first-order valence-corrected chi connectivity index (χ1v) is 5.28. The molecule has 0 unspecified atom stereocenters. The van der Waals surface area contributed by atoms with Crippen LogP contribution in [0.4, 0.5) is 4.39 Å². The van der Waals surface area contributed by atoms with Gasteiger partial charge in [-0.3, -0.25) is 4.79 Å². The van der Waals surface area contributed by atoms with Crippen LogP contribution in [0.3, 0.4) is 0 Å². The highest BCUT2D eigenvalue weighted by Gasteiger charge is 2.02. The van der Waals surface area contributed by atoms with Gasteiger partial charge in [-0.1, -0.05) is 48.5 Å². The van der Waals surface area contributed by atoms with E-state index in [0.717, 1.165) is 11.8 Å². The average molecular weight is 226 g/mol. The fraction of sp³-hybridized carbons (Fsp3) is 0. The first kappa shape index (κ1) is 11.3. The zero-order valence-corrected chi connectivity index (χ0v) is 9.14. The minimum Gasteiger partial charge on any atom is -0.298 e. The van der Waals surface area contributed by atoms with Gasteiger partial charge in [0, 0.05) is 11.1 Å². The van der Waals surface area contributed by atoms with Crippen molar-refractivity contribution in [2.75, 3.05) is 0 Å². The van der Waals surface area contributed by atoms with E-state index in [2.05, 4.69) is 0 Å². The summed E-state index contributed by atoms with van der Waals surface area (Å²) >= 11 is 0. The van der Waals surface area contributed by atoms with Gasteiger partial charge in [0.05, 0.1) is 0 Å². The highest BCUT2D eigenvalue weighted by molar-refractivity contribution is 6.13. The second-order valence-electron chi connectivity index (χ2n) is 3.61. The van der Waals surface area contributed by atoms with Crippen LogP contribution in [0.25, 0.3) is 11.6 Å². The van der Waals surface area contributed by atoms with E-state index >= 15 is 0 Å². The molecule has 2 aromatic rings. The number of carbonyl (C=O) groups excluding carboxylic acids is 1. The molecule has 0 aliphatic heterocycles. The Bertz CT molecular complexity index is 544. The molecule has 84 valence electrons. The summed E-state index contributed by atoms with van der Waals surface area (Å²) in [4.78, 5) is 11.0. The van der Waals surface area contributed by atoms with Gasteiger partial charge in [-0.2, -0.15) is 0 Å². The van der Waals surface area contributed by atoms with Gasteiger partial charge < -0.3 is 0 Å². The molecule has 0 amide bonds. The van der Waals surface area contributed by atoms with Crippen LogP contribution < -0.4 is 0 Å². The molecular formula is C15H11FO. The maximum absolute atomic E-state index is 13.4. The topological polar surface area (TPSA) is 17.1 Å². The Labute approximate surface area is 99.2 Å². The van der Waals surface area contributed by atoms with Crippen LogP contribution in [0.15, 0.2) is 54.6 Å². The fourth-order valence-corrected chi connectivity index (χ4v) is 1.58. The summed E-state index contributed by atoms with van der Waals surface area (Å²) in [7, 11) is 0. The third kappa shape index (κ3) is 2.67. The molecule has 0 bridgehead atoms. The number of benzene rings is 2. The lowest BCUT2D eigenvalue weighted by Gasteiger charge is -2.01. The summed E-state index contributed by atoms with van der Waals surface area (Å²) in [6, 6.07) is 15.6. The fourth-order valence-electron chi connectivity index (χ4n) is 1.58. The van der Waals surface area contributed by atoms with Crippen LogP contribution in [0.5, 0.6) is 0 Å². The van der Waals surface area contributed by atoms with E-state index < -0.39 is 0 Å². The third-order valence-corrected chi connectivity index (χ3v) is 2.45. The highest BCUT2D eigenvalue weighted by Crippen LogP contribution is 2.17. The summed E-state index contributed by atoms with van der Waals surface area (Å²) in [5, 5.41) is 0. The minimum absolute atomic E-state index is 0.331. The van der Waals surface area contributed by atoms with Gasteiger partial charge in [0.25, 0.3) is 0 Å². The molecule has 1 nitrogen and oxygen atoms in total. The number of carbonyl (C=O) groups is 1. The molecule has 2 heteroatoms. The number of allylic oxidation sites excluding steroid dienone is 1. The highest BCUT2D eigenvalue weighted by atomic mass is 19.1. The van der Waals surface area contributed by atoms with Gasteiger partial charge in [0.15, 0.2) is 6.29 Å². The Kier molecular flexibility index (Phi) is 3.46. The summed E-state index contributed by atoms with van der Waals surface area (Å²) in [5.74, 6) is -0.331. The average Bonchev–Trinajstić information content (AvgIpc) is 2.39. The standard InChI is InChI=1S/C15H11FO/c16-15-9-5-4-8-13(15)10-14(11-17)12-6-2-1-3-7-12/h1-11H/b14-10-. The van der Waals surface area contributed by atoms with E-state index in [0.29, 0.717) is 11.1 Å². The van der Waals surface area contributed by atoms with Crippen molar-refractivity contribution in [3.05, 3.63) is 71.5 Å². The van der Waals surface area contributed by atoms with Crippen LogP contribution in [-0.2, 0) is 4.79 Å². The van der Waals surface area contributed by atoms with Crippen molar-refractivity contribution in [2.24, 2.45) is 0 Å². The molecule has 0 aromatic heterocycles. The van der Waals surface area contributed by atoms with E-state index in [1.807, 2.05) is 30.3 Å². The van der Waals surface area contributed by atoms with Crippen LogP contribution in [0.1, 0.15) is 11.1 Å². The van der Waals surface area contributed by atoms with Crippen molar-refractivity contribution in [3.63, 3.8) is 0 Å². The summed E-state index contributed by atoms with van der Waals surface area (Å²) in [6.45, 7) is 0. The van der Waals surface area contributed by atoms with Gasteiger partial charge in [0.2, 0.25) is 0 Å². The van der Waals surface area contributed by atoms with E-state index in [-0.39, 0.29) is 5.82 Å². The Morgan fingerprint density at radius 3 is 2.24 bits per heavy atom.